The Morgan fingerprint density at radius 2 is 2.04 bits per heavy atom. The van der Waals surface area contributed by atoms with Gasteiger partial charge in [-0.25, -0.2) is 14.8 Å². The van der Waals surface area contributed by atoms with Gasteiger partial charge in [0.1, 0.15) is 11.8 Å². The average molecular weight is 326 g/mol. The lowest BCUT2D eigenvalue weighted by molar-refractivity contribution is 0.176. The molecule has 0 atom stereocenters. The summed E-state index contributed by atoms with van der Waals surface area (Å²) in [5.74, 6) is 0. The van der Waals surface area contributed by atoms with Crippen LogP contribution in [0.1, 0.15) is 24.6 Å². The third-order valence-corrected chi connectivity index (χ3v) is 5.11. The van der Waals surface area contributed by atoms with Crippen LogP contribution in [0, 0.1) is 0 Å². The van der Waals surface area contributed by atoms with Gasteiger partial charge in [0.25, 0.3) is 0 Å². The molecule has 0 spiro atoms. The fourth-order valence-corrected chi connectivity index (χ4v) is 3.65. The van der Waals surface area contributed by atoms with E-state index in [0.29, 0.717) is 0 Å². The van der Waals surface area contributed by atoms with Crippen LogP contribution in [0.4, 0.5) is 0 Å². The Labute approximate surface area is 140 Å². The van der Waals surface area contributed by atoms with Crippen LogP contribution in [0.2, 0.25) is 0 Å². The number of piperidine rings is 1. The number of hydrogen-bond acceptors (Lipinski definition) is 4. The highest BCUT2D eigenvalue weighted by Gasteiger charge is 2.25. The zero-order chi connectivity index (χ0) is 16.7. The maximum Gasteiger partial charge on any atom is 0.330 e. The van der Waals surface area contributed by atoms with E-state index in [1.54, 1.807) is 17.8 Å². The lowest BCUT2D eigenvalue weighted by Crippen LogP contribution is -2.37. The van der Waals surface area contributed by atoms with E-state index in [4.69, 9.17) is 0 Å². The number of likely N-dealkylation sites (tertiary alicyclic amines) is 1. The number of nitrogens with zero attached hydrogens (tertiary/aromatic N) is 6. The minimum absolute atomic E-state index is 0.00591. The number of fused-ring (bicyclic) bond motifs is 1. The molecule has 0 saturated carbocycles. The SMILES string of the molecule is Cn1cccc1CN1CCC(n2c(=O)n(C)c3cncnc32)CC1. The van der Waals surface area contributed by atoms with E-state index in [0.717, 1.165) is 43.6 Å². The second-order valence-electron chi connectivity index (χ2n) is 6.56. The van der Waals surface area contributed by atoms with Crippen molar-refractivity contribution in [1.29, 1.82) is 0 Å². The van der Waals surface area contributed by atoms with Crippen molar-refractivity contribution in [2.75, 3.05) is 13.1 Å². The Hall–Kier alpha value is -2.41. The lowest BCUT2D eigenvalue weighted by Gasteiger charge is -2.32. The number of hydrogen-bond donors (Lipinski definition) is 0. The number of aryl methyl sites for hydroxylation is 2. The van der Waals surface area contributed by atoms with E-state index in [1.165, 1.54) is 12.0 Å². The van der Waals surface area contributed by atoms with Gasteiger partial charge in [-0.2, -0.15) is 0 Å². The van der Waals surface area contributed by atoms with Gasteiger partial charge >= 0.3 is 5.69 Å². The zero-order valence-corrected chi connectivity index (χ0v) is 14.1. The first-order valence-electron chi connectivity index (χ1n) is 8.34. The monoisotopic (exact) mass is 326 g/mol. The van der Waals surface area contributed by atoms with E-state index in [1.807, 2.05) is 4.57 Å². The quantitative estimate of drug-likeness (QED) is 0.728. The summed E-state index contributed by atoms with van der Waals surface area (Å²) in [5.41, 5.74) is 2.88. The molecule has 1 aliphatic heterocycles. The number of rotatable bonds is 3. The highest BCUT2D eigenvalue weighted by molar-refractivity contribution is 5.70. The maximum atomic E-state index is 12.6. The van der Waals surface area contributed by atoms with Crippen molar-refractivity contribution in [3.05, 3.63) is 47.0 Å². The molecule has 3 aromatic rings. The first-order chi connectivity index (χ1) is 11.6. The van der Waals surface area contributed by atoms with Crippen molar-refractivity contribution < 1.29 is 0 Å². The molecule has 0 amide bonds. The molecule has 0 aliphatic carbocycles. The Kier molecular flexibility index (Phi) is 3.72. The standard InChI is InChI=1S/C17H22N6O/c1-20-7-3-4-14(20)11-22-8-5-13(6-9-22)23-16-15(10-18-12-19-16)21(2)17(23)24/h3-4,7,10,12-13H,5-6,8-9,11H2,1-2H3. The highest BCUT2D eigenvalue weighted by Crippen LogP contribution is 2.25. The maximum absolute atomic E-state index is 12.6. The molecule has 1 fully saturated rings. The number of imidazole rings is 1. The van der Waals surface area contributed by atoms with Gasteiger partial charge in [-0.15, -0.1) is 0 Å². The fraction of sp³-hybridized carbons (Fsp3) is 0.471. The Morgan fingerprint density at radius 1 is 1.25 bits per heavy atom. The van der Waals surface area contributed by atoms with Gasteiger partial charge in [0, 0.05) is 51.7 Å². The molecule has 0 N–H and O–H groups in total. The third kappa shape index (κ3) is 2.45. The third-order valence-electron chi connectivity index (χ3n) is 5.11. The van der Waals surface area contributed by atoms with Crippen molar-refractivity contribution in [3.8, 4) is 0 Å². The smallest absolute Gasteiger partial charge is 0.330 e. The average Bonchev–Trinajstić information content (AvgIpc) is 3.11. The summed E-state index contributed by atoms with van der Waals surface area (Å²) in [6.07, 6.45) is 7.24. The second-order valence-corrected chi connectivity index (χ2v) is 6.56. The highest BCUT2D eigenvalue weighted by atomic mass is 16.1. The van der Waals surface area contributed by atoms with E-state index in [2.05, 4.69) is 44.8 Å². The first kappa shape index (κ1) is 15.1. The molecule has 126 valence electrons. The minimum Gasteiger partial charge on any atom is -0.353 e. The van der Waals surface area contributed by atoms with E-state index in [-0.39, 0.29) is 11.7 Å². The summed E-state index contributed by atoms with van der Waals surface area (Å²) in [7, 11) is 3.87. The fourth-order valence-electron chi connectivity index (χ4n) is 3.65. The van der Waals surface area contributed by atoms with Crippen LogP contribution in [0.15, 0.2) is 35.6 Å². The molecule has 0 bridgehead atoms. The van der Waals surface area contributed by atoms with Crippen LogP contribution in [0.5, 0.6) is 0 Å². The molecule has 0 radical (unpaired) electrons. The predicted octanol–water partition coefficient (Wildman–Crippen LogP) is 1.31. The van der Waals surface area contributed by atoms with Crippen molar-refractivity contribution in [2.24, 2.45) is 14.1 Å². The van der Waals surface area contributed by atoms with E-state index in [9.17, 15) is 4.79 Å². The Bertz CT molecular complexity index is 913. The van der Waals surface area contributed by atoms with Crippen LogP contribution in [-0.4, -0.2) is 41.7 Å². The van der Waals surface area contributed by atoms with Crippen LogP contribution in [-0.2, 0) is 20.6 Å². The van der Waals surface area contributed by atoms with Gasteiger partial charge in [0.2, 0.25) is 0 Å². The topological polar surface area (TPSA) is 60.9 Å². The molecule has 1 aliphatic rings. The van der Waals surface area contributed by atoms with Gasteiger partial charge < -0.3 is 4.57 Å². The summed E-state index contributed by atoms with van der Waals surface area (Å²) in [6.45, 7) is 2.94. The molecule has 0 aromatic carbocycles. The molecule has 4 heterocycles. The predicted molar refractivity (Wildman–Crippen MR) is 91.7 cm³/mol. The molecule has 7 nitrogen and oxygen atoms in total. The normalized spacial score (nSPS) is 16.9. The summed E-state index contributed by atoms with van der Waals surface area (Å²) in [4.78, 5) is 23.5. The van der Waals surface area contributed by atoms with Crippen molar-refractivity contribution in [3.63, 3.8) is 0 Å². The van der Waals surface area contributed by atoms with Gasteiger partial charge in [0.05, 0.1) is 6.20 Å². The Balaban J connectivity index is 1.53. The van der Waals surface area contributed by atoms with Crippen molar-refractivity contribution >= 4 is 11.2 Å². The van der Waals surface area contributed by atoms with Crippen LogP contribution < -0.4 is 5.69 Å². The van der Waals surface area contributed by atoms with Gasteiger partial charge in [-0.1, -0.05) is 0 Å². The van der Waals surface area contributed by atoms with E-state index < -0.39 is 0 Å². The van der Waals surface area contributed by atoms with E-state index >= 15 is 0 Å². The summed E-state index contributed by atoms with van der Waals surface area (Å²) in [6, 6.07) is 4.45. The molecule has 4 rings (SSSR count). The van der Waals surface area contributed by atoms with Crippen LogP contribution >= 0.6 is 0 Å². The molecule has 0 unspecified atom stereocenters. The van der Waals surface area contributed by atoms with Crippen molar-refractivity contribution in [2.45, 2.75) is 25.4 Å². The Morgan fingerprint density at radius 3 is 2.75 bits per heavy atom. The second kappa shape index (κ2) is 5.90. The molecular formula is C17H22N6O. The molecule has 1 saturated heterocycles. The van der Waals surface area contributed by atoms with Gasteiger partial charge in [-0.05, 0) is 25.0 Å². The molecular weight excluding hydrogens is 304 g/mol. The van der Waals surface area contributed by atoms with Crippen LogP contribution in [0.25, 0.3) is 11.2 Å². The summed E-state index contributed by atoms with van der Waals surface area (Å²) < 4.78 is 5.67. The minimum atomic E-state index is 0.00591. The molecule has 24 heavy (non-hydrogen) atoms. The van der Waals surface area contributed by atoms with Crippen LogP contribution in [0.3, 0.4) is 0 Å². The summed E-state index contributed by atoms with van der Waals surface area (Å²) >= 11 is 0. The van der Waals surface area contributed by atoms with Crippen molar-refractivity contribution in [1.82, 2.24) is 28.6 Å². The molecule has 7 heteroatoms. The summed E-state index contributed by atoms with van der Waals surface area (Å²) in [5, 5.41) is 0. The number of aromatic nitrogens is 5. The van der Waals surface area contributed by atoms with Gasteiger partial charge in [-0.3, -0.25) is 14.0 Å². The first-order valence-corrected chi connectivity index (χ1v) is 8.34. The van der Waals surface area contributed by atoms with Gasteiger partial charge in [0.15, 0.2) is 5.65 Å². The molecule has 3 aromatic heterocycles. The zero-order valence-electron chi connectivity index (χ0n) is 14.1. The lowest BCUT2D eigenvalue weighted by atomic mass is 10.0. The largest absolute Gasteiger partial charge is 0.353 e.